The Hall–Kier alpha value is -0.800. The molecule has 0 bridgehead atoms. The first kappa shape index (κ1) is 16.3. The fourth-order valence-electron chi connectivity index (χ4n) is 2.07. The normalized spacial score (nSPS) is 10.5. The van der Waals surface area contributed by atoms with Crippen LogP contribution in [-0.2, 0) is 0 Å². The van der Waals surface area contributed by atoms with E-state index in [2.05, 4.69) is 24.8 Å². The third kappa shape index (κ3) is 4.66. The van der Waals surface area contributed by atoms with Crippen LogP contribution in [0.5, 0.6) is 0 Å². The summed E-state index contributed by atoms with van der Waals surface area (Å²) in [5, 5.41) is 0.642. The molecule has 0 saturated heterocycles. The minimum atomic E-state index is 0.374. The van der Waals surface area contributed by atoms with Crippen molar-refractivity contribution in [3.63, 3.8) is 0 Å². The number of nitrogens with two attached hydrogens (primary N) is 1. The molecule has 0 fully saturated rings. The first-order valence-corrected chi connectivity index (χ1v) is 7.73. The summed E-state index contributed by atoms with van der Waals surface area (Å²) in [6.07, 6.45) is 4.66. The minimum absolute atomic E-state index is 0.374. The lowest BCUT2D eigenvalue weighted by atomic mass is 10.1. The van der Waals surface area contributed by atoms with Gasteiger partial charge < -0.3 is 10.6 Å². The van der Waals surface area contributed by atoms with E-state index >= 15 is 0 Å². The summed E-state index contributed by atoms with van der Waals surface area (Å²) in [7, 11) is 0. The van der Waals surface area contributed by atoms with Gasteiger partial charge in [-0.15, -0.1) is 0 Å². The van der Waals surface area contributed by atoms with E-state index in [0.717, 1.165) is 37.2 Å². The first-order chi connectivity index (χ1) is 9.11. The van der Waals surface area contributed by atoms with Gasteiger partial charge in [0.25, 0.3) is 0 Å². The standard InChI is InChI=1S/C15H23ClN2S/c1-3-5-10-18(11-6-4-2)13-9-7-8-12(16)14(13)15(17)19/h7-9H,3-6,10-11H2,1-2H3,(H2,17,19). The van der Waals surface area contributed by atoms with E-state index in [9.17, 15) is 0 Å². The summed E-state index contributed by atoms with van der Waals surface area (Å²) in [5.74, 6) is 0. The molecule has 19 heavy (non-hydrogen) atoms. The Labute approximate surface area is 126 Å². The minimum Gasteiger partial charge on any atom is -0.389 e. The van der Waals surface area contributed by atoms with Crippen LogP contribution >= 0.6 is 23.8 Å². The van der Waals surface area contributed by atoms with Crippen molar-refractivity contribution in [2.24, 2.45) is 5.73 Å². The highest BCUT2D eigenvalue weighted by atomic mass is 35.5. The molecule has 106 valence electrons. The van der Waals surface area contributed by atoms with Crippen LogP contribution in [0, 0.1) is 0 Å². The molecular formula is C15H23ClN2S. The lowest BCUT2D eigenvalue weighted by Crippen LogP contribution is -2.28. The van der Waals surface area contributed by atoms with Crippen molar-refractivity contribution in [3.05, 3.63) is 28.8 Å². The van der Waals surface area contributed by atoms with Crippen molar-refractivity contribution < 1.29 is 0 Å². The average Bonchev–Trinajstić information content (AvgIpc) is 2.38. The van der Waals surface area contributed by atoms with Crippen molar-refractivity contribution in [2.45, 2.75) is 39.5 Å². The molecule has 0 aliphatic heterocycles. The van der Waals surface area contributed by atoms with Crippen LogP contribution in [0.4, 0.5) is 5.69 Å². The molecule has 0 radical (unpaired) electrons. The lowest BCUT2D eigenvalue weighted by Gasteiger charge is -2.27. The zero-order valence-electron chi connectivity index (χ0n) is 11.8. The fourth-order valence-corrected chi connectivity index (χ4v) is 2.61. The van der Waals surface area contributed by atoms with Crippen LogP contribution in [0.3, 0.4) is 0 Å². The zero-order valence-corrected chi connectivity index (χ0v) is 13.4. The van der Waals surface area contributed by atoms with Crippen molar-refractivity contribution in [2.75, 3.05) is 18.0 Å². The summed E-state index contributed by atoms with van der Waals surface area (Å²) in [5.41, 5.74) is 7.71. The Morgan fingerprint density at radius 3 is 2.26 bits per heavy atom. The van der Waals surface area contributed by atoms with E-state index in [1.165, 1.54) is 12.8 Å². The Kier molecular flexibility index (Phi) is 7.17. The molecule has 0 saturated carbocycles. The number of thiocarbonyl (C=S) groups is 1. The molecule has 0 aliphatic carbocycles. The average molecular weight is 299 g/mol. The maximum absolute atomic E-state index is 6.24. The number of nitrogens with zero attached hydrogens (tertiary/aromatic N) is 1. The molecule has 0 amide bonds. The van der Waals surface area contributed by atoms with Crippen LogP contribution in [0.15, 0.2) is 18.2 Å². The van der Waals surface area contributed by atoms with Crippen LogP contribution in [-0.4, -0.2) is 18.1 Å². The molecule has 1 rings (SSSR count). The maximum atomic E-state index is 6.24. The van der Waals surface area contributed by atoms with Gasteiger partial charge in [0.15, 0.2) is 0 Å². The Balaban J connectivity index is 3.06. The van der Waals surface area contributed by atoms with Crippen LogP contribution in [0.2, 0.25) is 5.02 Å². The lowest BCUT2D eigenvalue weighted by molar-refractivity contribution is 0.678. The van der Waals surface area contributed by atoms with Crippen LogP contribution < -0.4 is 10.6 Å². The predicted molar refractivity (Wildman–Crippen MR) is 89.4 cm³/mol. The molecule has 0 atom stereocenters. The smallest absolute Gasteiger partial charge is 0.107 e. The molecule has 2 nitrogen and oxygen atoms in total. The molecule has 1 aromatic carbocycles. The summed E-state index contributed by atoms with van der Waals surface area (Å²) in [4.78, 5) is 2.73. The molecule has 0 spiro atoms. The summed E-state index contributed by atoms with van der Waals surface area (Å²) in [6, 6.07) is 5.87. The largest absolute Gasteiger partial charge is 0.389 e. The van der Waals surface area contributed by atoms with E-state index in [4.69, 9.17) is 29.6 Å². The zero-order chi connectivity index (χ0) is 14.3. The number of unbranched alkanes of at least 4 members (excludes halogenated alkanes) is 2. The van der Waals surface area contributed by atoms with Gasteiger partial charge in [-0.25, -0.2) is 0 Å². The van der Waals surface area contributed by atoms with E-state index in [-0.39, 0.29) is 0 Å². The molecule has 0 aliphatic rings. The molecular weight excluding hydrogens is 276 g/mol. The van der Waals surface area contributed by atoms with Gasteiger partial charge in [0, 0.05) is 18.8 Å². The second kappa shape index (κ2) is 8.39. The summed E-state index contributed by atoms with van der Waals surface area (Å²) in [6.45, 7) is 6.44. The van der Waals surface area contributed by atoms with Crippen molar-refractivity contribution in [1.29, 1.82) is 0 Å². The molecule has 0 aromatic heterocycles. The van der Waals surface area contributed by atoms with Gasteiger partial charge in [-0.05, 0) is 25.0 Å². The highest BCUT2D eigenvalue weighted by Gasteiger charge is 2.15. The molecule has 0 heterocycles. The second-order valence-electron chi connectivity index (χ2n) is 4.69. The molecule has 2 N–H and O–H groups in total. The number of anilines is 1. The fraction of sp³-hybridized carbons (Fsp3) is 0.533. The second-order valence-corrected chi connectivity index (χ2v) is 5.54. The van der Waals surface area contributed by atoms with E-state index < -0.39 is 0 Å². The Morgan fingerprint density at radius 2 is 1.79 bits per heavy atom. The first-order valence-electron chi connectivity index (χ1n) is 6.95. The van der Waals surface area contributed by atoms with Gasteiger partial charge in [0.1, 0.15) is 4.99 Å². The number of hydrogen-bond acceptors (Lipinski definition) is 2. The van der Waals surface area contributed by atoms with Crippen molar-refractivity contribution in [3.8, 4) is 0 Å². The summed E-state index contributed by atoms with van der Waals surface area (Å²) >= 11 is 11.4. The topological polar surface area (TPSA) is 29.3 Å². The predicted octanol–water partition coefficient (Wildman–Crippen LogP) is 4.38. The Morgan fingerprint density at radius 1 is 1.21 bits per heavy atom. The third-order valence-electron chi connectivity index (χ3n) is 3.14. The van der Waals surface area contributed by atoms with E-state index in [1.807, 2.05) is 12.1 Å². The highest BCUT2D eigenvalue weighted by molar-refractivity contribution is 7.80. The van der Waals surface area contributed by atoms with Gasteiger partial charge >= 0.3 is 0 Å². The van der Waals surface area contributed by atoms with E-state index in [0.29, 0.717) is 10.0 Å². The summed E-state index contributed by atoms with van der Waals surface area (Å²) < 4.78 is 0. The molecule has 0 unspecified atom stereocenters. The van der Waals surface area contributed by atoms with Crippen LogP contribution in [0.25, 0.3) is 0 Å². The number of hydrogen-bond donors (Lipinski definition) is 1. The van der Waals surface area contributed by atoms with Gasteiger partial charge in [-0.3, -0.25) is 0 Å². The van der Waals surface area contributed by atoms with Gasteiger partial charge in [0.2, 0.25) is 0 Å². The number of benzene rings is 1. The third-order valence-corrected chi connectivity index (χ3v) is 3.66. The maximum Gasteiger partial charge on any atom is 0.107 e. The van der Waals surface area contributed by atoms with Crippen LogP contribution in [0.1, 0.15) is 45.1 Å². The number of rotatable bonds is 8. The van der Waals surface area contributed by atoms with Gasteiger partial charge in [-0.2, -0.15) is 0 Å². The SMILES string of the molecule is CCCCN(CCCC)c1cccc(Cl)c1C(N)=S. The Bertz CT molecular complexity index is 413. The molecule has 4 heteroatoms. The van der Waals surface area contributed by atoms with Gasteiger partial charge in [-0.1, -0.05) is 56.6 Å². The number of halogens is 1. The van der Waals surface area contributed by atoms with Crippen molar-refractivity contribution >= 4 is 34.5 Å². The van der Waals surface area contributed by atoms with E-state index in [1.54, 1.807) is 0 Å². The molecule has 1 aromatic rings. The highest BCUT2D eigenvalue weighted by Crippen LogP contribution is 2.28. The van der Waals surface area contributed by atoms with Crippen molar-refractivity contribution in [1.82, 2.24) is 0 Å². The monoisotopic (exact) mass is 298 g/mol. The van der Waals surface area contributed by atoms with Gasteiger partial charge in [0.05, 0.1) is 10.6 Å². The quantitative estimate of drug-likeness (QED) is 0.722.